The second-order valence-corrected chi connectivity index (χ2v) is 11.5. The molecule has 0 N–H and O–H groups in total. The maximum Gasteiger partial charge on any atom is 0.253 e. The van der Waals surface area contributed by atoms with Crippen LogP contribution in [-0.2, 0) is 14.8 Å². The molecule has 2 amide bonds. The summed E-state index contributed by atoms with van der Waals surface area (Å²) in [5.74, 6) is 0.0881. The van der Waals surface area contributed by atoms with Crippen molar-refractivity contribution in [1.29, 1.82) is 0 Å². The van der Waals surface area contributed by atoms with Gasteiger partial charge in [-0.3, -0.25) is 9.59 Å². The highest BCUT2D eigenvalue weighted by Crippen LogP contribution is 2.62. The fourth-order valence-electron chi connectivity index (χ4n) is 6.09. The lowest BCUT2D eigenvalue weighted by Crippen LogP contribution is -2.49. The molecule has 2 heterocycles. The van der Waals surface area contributed by atoms with Crippen LogP contribution in [0.4, 0.5) is 0 Å². The average molecular weight is 434 g/mol. The van der Waals surface area contributed by atoms with Gasteiger partial charge in [0.05, 0.1) is 11.7 Å². The fourth-order valence-corrected chi connectivity index (χ4v) is 6.97. The number of hydrogen-bond donors (Lipinski definition) is 0. The molecule has 30 heavy (non-hydrogen) atoms. The zero-order chi connectivity index (χ0) is 21.7. The predicted molar refractivity (Wildman–Crippen MR) is 114 cm³/mol. The van der Waals surface area contributed by atoms with Gasteiger partial charge in [0.2, 0.25) is 15.9 Å². The van der Waals surface area contributed by atoms with Crippen LogP contribution in [0.5, 0.6) is 0 Å². The number of sulfonamides is 1. The van der Waals surface area contributed by atoms with E-state index in [9.17, 15) is 18.0 Å². The number of likely N-dealkylation sites (tertiary alicyclic amines) is 1. The second kappa shape index (κ2) is 7.34. The molecule has 2 atom stereocenters. The minimum absolute atomic E-state index is 0.00334. The van der Waals surface area contributed by atoms with Crippen molar-refractivity contribution in [2.45, 2.75) is 25.7 Å². The van der Waals surface area contributed by atoms with Gasteiger partial charge in [0, 0.05) is 45.8 Å². The highest BCUT2D eigenvalue weighted by atomic mass is 32.2. The number of carbonyl (C=O) groups is 2. The Bertz CT molecular complexity index is 938. The molecule has 3 aliphatic rings. The summed E-state index contributed by atoms with van der Waals surface area (Å²) in [5, 5.41) is 0. The Morgan fingerprint density at radius 1 is 1.03 bits per heavy atom. The SMILES string of the molecule is CN(C)C(=O)[C@]12CCC3(CCN(C(=O)c4ccccc4)CC3)[C@H]1CN(S(C)(=O)=O)C2. The summed E-state index contributed by atoms with van der Waals surface area (Å²) in [7, 11) is 0.147. The summed E-state index contributed by atoms with van der Waals surface area (Å²) in [4.78, 5) is 29.6. The highest BCUT2D eigenvalue weighted by Gasteiger charge is 2.65. The number of fused-ring (bicyclic) bond motifs is 2. The molecule has 7 nitrogen and oxygen atoms in total. The Morgan fingerprint density at radius 2 is 1.67 bits per heavy atom. The molecule has 0 aromatic heterocycles. The summed E-state index contributed by atoms with van der Waals surface area (Å²) in [5.41, 5.74) is -0.0299. The Kier molecular flexibility index (Phi) is 5.21. The first-order valence-corrected chi connectivity index (χ1v) is 12.5. The van der Waals surface area contributed by atoms with Gasteiger partial charge in [-0.05, 0) is 49.1 Å². The maximum atomic E-state index is 13.2. The lowest BCUT2D eigenvalue weighted by atomic mass is 9.65. The van der Waals surface area contributed by atoms with Crippen LogP contribution in [0.3, 0.4) is 0 Å². The van der Waals surface area contributed by atoms with Crippen LogP contribution in [0.15, 0.2) is 30.3 Å². The van der Waals surface area contributed by atoms with Crippen molar-refractivity contribution in [3.8, 4) is 0 Å². The molecule has 3 fully saturated rings. The first kappa shape index (κ1) is 21.3. The van der Waals surface area contributed by atoms with Gasteiger partial charge >= 0.3 is 0 Å². The molecule has 2 aliphatic heterocycles. The lowest BCUT2D eigenvalue weighted by Gasteiger charge is -2.44. The molecule has 0 bridgehead atoms. The largest absolute Gasteiger partial charge is 0.348 e. The quantitative estimate of drug-likeness (QED) is 0.727. The summed E-state index contributed by atoms with van der Waals surface area (Å²) in [6.45, 7) is 1.98. The maximum absolute atomic E-state index is 13.2. The monoisotopic (exact) mass is 433 g/mol. The summed E-state index contributed by atoms with van der Waals surface area (Å²) < 4.78 is 26.1. The standard InChI is InChI=1S/C22H31N3O4S/c1-23(2)20(27)22-10-9-21(18(22)15-25(16-22)30(3,28)29)11-13-24(14-12-21)19(26)17-7-5-4-6-8-17/h4-8,18H,9-16H2,1-3H3/t18-,22+/m1/s1. The highest BCUT2D eigenvalue weighted by molar-refractivity contribution is 7.88. The molecule has 1 aromatic rings. The van der Waals surface area contributed by atoms with Crippen LogP contribution in [-0.4, -0.2) is 80.9 Å². The number of hydrogen-bond acceptors (Lipinski definition) is 4. The van der Waals surface area contributed by atoms with Crippen LogP contribution < -0.4 is 0 Å². The van der Waals surface area contributed by atoms with Crippen LogP contribution in [0.25, 0.3) is 0 Å². The third kappa shape index (κ3) is 3.34. The summed E-state index contributed by atoms with van der Waals surface area (Å²) in [6, 6.07) is 9.31. The van der Waals surface area contributed by atoms with E-state index in [1.54, 1.807) is 19.0 Å². The third-order valence-corrected chi connectivity index (χ3v) is 8.90. The van der Waals surface area contributed by atoms with Gasteiger partial charge in [0.15, 0.2) is 0 Å². The van der Waals surface area contributed by atoms with Crippen molar-refractivity contribution in [2.24, 2.45) is 16.7 Å². The molecular weight excluding hydrogens is 402 g/mol. The number of benzene rings is 1. The van der Waals surface area contributed by atoms with E-state index in [0.29, 0.717) is 31.6 Å². The van der Waals surface area contributed by atoms with Crippen molar-refractivity contribution in [3.63, 3.8) is 0 Å². The van der Waals surface area contributed by atoms with E-state index >= 15 is 0 Å². The molecule has 1 aromatic carbocycles. The van der Waals surface area contributed by atoms with E-state index < -0.39 is 15.4 Å². The number of nitrogens with zero attached hydrogens (tertiary/aromatic N) is 3. The van der Waals surface area contributed by atoms with Gasteiger partial charge in [-0.15, -0.1) is 0 Å². The first-order chi connectivity index (χ1) is 14.1. The Balaban J connectivity index is 1.57. The zero-order valence-electron chi connectivity index (χ0n) is 18.0. The van der Waals surface area contributed by atoms with E-state index in [-0.39, 0.29) is 29.7 Å². The number of carbonyl (C=O) groups excluding carboxylic acids is 2. The van der Waals surface area contributed by atoms with Gasteiger partial charge in [0.25, 0.3) is 5.91 Å². The summed E-state index contributed by atoms with van der Waals surface area (Å²) in [6.07, 6.45) is 4.50. The lowest BCUT2D eigenvalue weighted by molar-refractivity contribution is -0.141. The topological polar surface area (TPSA) is 78.0 Å². The van der Waals surface area contributed by atoms with E-state index in [2.05, 4.69) is 0 Å². The molecule has 4 rings (SSSR count). The van der Waals surface area contributed by atoms with Gasteiger partial charge in [-0.2, -0.15) is 0 Å². The van der Waals surface area contributed by atoms with Crippen molar-refractivity contribution < 1.29 is 18.0 Å². The van der Waals surface area contributed by atoms with Gasteiger partial charge < -0.3 is 9.80 Å². The molecule has 164 valence electrons. The van der Waals surface area contributed by atoms with Gasteiger partial charge in [-0.1, -0.05) is 18.2 Å². The molecule has 1 spiro atoms. The first-order valence-electron chi connectivity index (χ1n) is 10.6. The Morgan fingerprint density at radius 3 is 2.23 bits per heavy atom. The van der Waals surface area contributed by atoms with Crippen LogP contribution in [0.2, 0.25) is 0 Å². The van der Waals surface area contributed by atoms with Crippen LogP contribution in [0, 0.1) is 16.7 Å². The van der Waals surface area contributed by atoms with Crippen molar-refractivity contribution >= 4 is 21.8 Å². The van der Waals surface area contributed by atoms with Crippen LogP contribution >= 0.6 is 0 Å². The molecule has 1 aliphatic carbocycles. The van der Waals surface area contributed by atoms with E-state index in [4.69, 9.17) is 0 Å². The zero-order valence-corrected chi connectivity index (χ0v) is 18.8. The van der Waals surface area contributed by atoms with Gasteiger partial charge in [0.1, 0.15) is 0 Å². The molecule has 0 unspecified atom stereocenters. The van der Waals surface area contributed by atoms with Crippen molar-refractivity contribution in [1.82, 2.24) is 14.1 Å². The molecule has 1 saturated carbocycles. The summed E-state index contributed by atoms with van der Waals surface area (Å²) >= 11 is 0. The number of amides is 2. The minimum atomic E-state index is -3.36. The number of rotatable bonds is 3. The van der Waals surface area contributed by atoms with Crippen molar-refractivity contribution in [2.75, 3.05) is 46.5 Å². The van der Waals surface area contributed by atoms with E-state index in [1.807, 2.05) is 35.2 Å². The molecular formula is C22H31N3O4S. The molecule has 0 radical (unpaired) electrons. The van der Waals surface area contributed by atoms with Gasteiger partial charge in [-0.25, -0.2) is 12.7 Å². The van der Waals surface area contributed by atoms with Crippen LogP contribution in [0.1, 0.15) is 36.0 Å². The van der Waals surface area contributed by atoms with Crippen molar-refractivity contribution in [3.05, 3.63) is 35.9 Å². The van der Waals surface area contributed by atoms with E-state index in [1.165, 1.54) is 10.6 Å². The third-order valence-electron chi connectivity index (χ3n) is 7.69. The smallest absolute Gasteiger partial charge is 0.253 e. The molecule has 8 heteroatoms. The second-order valence-electron chi connectivity index (χ2n) is 9.48. The minimum Gasteiger partial charge on any atom is -0.348 e. The number of piperidine rings is 1. The predicted octanol–water partition coefficient (Wildman–Crippen LogP) is 1.67. The Hall–Kier alpha value is -1.93. The normalized spacial score (nSPS) is 28.5. The Labute approximate surface area is 179 Å². The van der Waals surface area contributed by atoms with E-state index in [0.717, 1.165) is 19.3 Å². The average Bonchev–Trinajstić information content (AvgIpc) is 3.26. The molecule has 2 saturated heterocycles. The fraction of sp³-hybridized carbons (Fsp3) is 0.636.